The number of nitriles is 1. The van der Waals surface area contributed by atoms with E-state index in [-0.39, 0.29) is 0 Å². The van der Waals surface area contributed by atoms with Gasteiger partial charge in [-0.25, -0.2) is 0 Å². The van der Waals surface area contributed by atoms with Crippen LogP contribution in [0.1, 0.15) is 23.6 Å². The van der Waals surface area contributed by atoms with Gasteiger partial charge in [-0.1, -0.05) is 43.3 Å². The first-order chi connectivity index (χ1) is 10.7. The number of thioether (sulfide) groups is 1. The standard InChI is InChI=1S/C19H21NOS/c1-15(13-22-14-20)10-18-8-9-19(11-16(18)2)21-12-17-6-4-3-5-7-17/h3-9,11,15H,10,12-13H2,1-2H3. The quantitative estimate of drug-likeness (QED) is 0.677. The van der Waals surface area contributed by atoms with E-state index in [1.807, 2.05) is 24.3 Å². The van der Waals surface area contributed by atoms with Gasteiger partial charge in [0.2, 0.25) is 0 Å². The molecule has 0 bridgehead atoms. The van der Waals surface area contributed by atoms with Gasteiger partial charge in [0.25, 0.3) is 0 Å². The third-order valence-corrected chi connectivity index (χ3v) is 4.43. The number of thiocyanates is 1. The monoisotopic (exact) mass is 311 g/mol. The molecule has 0 N–H and O–H groups in total. The highest BCUT2D eigenvalue weighted by Gasteiger charge is 2.07. The third kappa shape index (κ3) is 5.13. The van der Waals surface area contributed by atoms with Gasteiger partial charge >= 0.3 is 0 Å². The maximum atomic E-state index is 8.62. The molecule has 0 fully saturated rings. The van der Waals surface area contributed by atoms with E-state index in [2.05, 4.69) is 43.5 Å². The Labute approximate surface area is 137 Å². The number of aryl methyl sites for hydroxylation is 1. The van der Waals surface area contributed by atoms with Crippen molar-refractivity contribution in [2.75, 3.05) is 5.75 Å². The zero-order chi connectivity index (χ0) is 15.8. The lowest BCUT2D eigenvalue weighted by molar-refractivity contribution is 0.306. The van der Waals surface area contributed by atoms with Crippen molar-refractivity contribution < 1.29 is 4.74 Å². The zero-order valence-corrected chi connectivity index (χ0v) is 13.9. The van der Waals surface area contributed by atoms with Gasteiger partial charge in [0.1, 0.15) is 17.8 Å². The SMILES string of the molecule is Cc1cc(OCc2ccccc2)ccc1CC(C)CSC#N. The lowest BCUT2D eigenvalue weighted by atomic mass is 9.98. The van der Waals surface area contributed by atoms with Crippen LogP contribution >= 0.6 is 11.8 Å². The van der Waals surface area contributed by atoms with Crippen LogP contribution in [0.5, 0.6) is 5.75 Å². The van der Waals surface area contributed by atoms with Crippen molar-refractivity contribution in [3.63, 3.8) is 0 Å². The summed E-state index contributed by atoms with van der Waals surface area (Å²) in [5.41, 5.74) is 3.75. The number of hydrogen-bond acceptors (Lipinski definition) is 3. The van der Waals surface area contributed by atoms with Gasteiger partial charge < -0.3 is 4.74 Å². The molecule has 0 saturated heterocycles. The predicted octanol–water partition coefficient (Wildman–Crippen LogP) is 4.97. The van der Waals surface area contributed by atoms with Crippen molar-refractivity contribution in [2.24, 2.45) is 5.92 Å². The molecule has 0 heterocycles. The van der Waals surface area contributed by atoms with Crippen LogP contribution < -0.4 is 4.74 Å². The first kappa shape index (κ1) is 16.5. The van der Waals surface area contributed by atoms with Gasteiger partial charge in [-0.2, -0.15) is 5.26 Å². The van der Waals surface area contributed by atoms with Gasteiger partial charge in [0.15, 0.2) is 0 Å². The zero-order valence-electron chi connectivity index (χ0n) is 13.1. The molecule has 22 heavy (non-hydrogen) atoms. The fourth-order valence-electron chi connectivity index (χ4n) is 2.34. The molecule has 2 nitrogen and oxygen atoms in total. The summed E-state index contributed by atoms with van der Waals surface area (Å²) in [7, 11) is 0. The van der Waals surface area contributed by atoms with Crippen molar-refractivity contribution in [1.82, 2.24) is 0 Å². The van der Waals surface area contributed by atoms with E-state index in [9.17, 15) is 0 Å². The predicted molar refractivity (Wildman–Crippen MR) is 92.9 cm³/mol. The van der Waals surface area contributed by atoms with Crippen molar-refractivity contribution in [3.8, 4) is 11.2 Å². The molecule has 0 aliphatic rings. The highest BCUT2D eigenvalue weighted by atomic mass is 32.2. The van der Waals surface area contributed by atoms with E-state index in [4.69, 9.17) is 10.00 Å². The molecule has 3 heteroatoms. The van der Waals surface area contributed by atoms with Crippen molar-refractivity contribution in [1.29, 1.82) is 5.26 Å². The molecule has 2 rings (SSSR count). The minimum Gasteiger partial charge on any atom is -0.489 e. The van der Waals surface area contributed by atoms with Crippen LogP contribution in [0.2, 0.25) is 0 Å². The van der Waals surface area contributed by atoms with Crippen molar-refractivity contribution in [2.45, 2.75) is 26.9 Å². The minimum atomic E-state index is 0.499. The van der Waals surface area contributed by atoms with Gasteiger partial charge in [0.05, 0.1) is 0 Å². The topological polar surface area (TPSA) is 33.0 Å². The summed E-state index contributed by atoms with van der Waals surface area (Å²) < 4.78 is 5.85. The van der Waals surface area contributed by atoms with E-state index >= 15 is 0 Å². The average molecular weight is 311 g/mol. The van der Waals surface area contributed by atoms with E-state index in [0.29, 0.717) is 12.5 Å². The summed E-state index contributed by atoms with van der Waals surface area (Å²) >= 11 is 1.33. The summed E-state index contributed by atoms with van der Waals surface area (Å²) in [4.78, 5) is 0. The lowest BCUT2D eigenvalue weighted by Gasteiger charge is -2.13. The van der Waals surface area contributed by atoms with Crippen LogP contribution in [-0.2, 0) is 13.0 Å². The molecular formula is C19H21NOS. The molecule has 0 radical (unpaired) electrons. The number of benzene rings is 2. The minimum absolute atomic E-state index is 0.499. The van der Waals surface area contributed by atoms with E-state index < -0.39 is 0 Å². The third-order valence-electron chi connectivity index (χ3n) is 3.56. The molecule has 0 aliphatic heterocycles. The second-order valence-electron chi connectivity index (χ2n) is 5.57. The Bertz CT molecular complexity index is 634. The highest BCUT2D eigenvalue weighted by molar-refractivity contribution is 8.03. The lowest BCUT2D eigenvalue weighted by Crippen LogP contribution is -2.04. The second-order valence-corrected chi connectivity index (χ2v) is 6.38. The summed E-state index contributed by atoms with van der Waals surface area (Å²) in [6.45, 7) is 4.90. The summed E-state index contributed by atoms with van der Waals surface area (Å²) in [6, 6.07) is 16.5. The van der Waals surface area contributed by atoms with Crippen molar-refractivity contribution >= 4 is 11.8 Å². The molecule has 2 aromatic carbocycles. The fraction of sp³-hybridized carbons (Fsp3) is 0.316. The Kier molecular flexibility index (Phi) is 6.36. The van der Waals surface area contributed by atoms with Gasteiger partial charge in [-0.3, -0.25) is 0 Å². The molecule has 0 saturated carbocycles. The Hall–Kier alpha value is -1.92. The Balaban J connectivity index is 1.93. The van der Waals surface area contributed by atoms with Crippen LogP contribution in [0.15, 0.2) is 48.5 Å². The van der Waals surface area contributed by atoms with Crippen LogP contribution in [0.3, 0.4) is 0 Å². The number of rotatable bonds is 7. The average Bonchev–Trinajstić information content (AvgIpc) is 2.54. The Morgan fingerprint density at radius 2 is 1.95 bits per heavy atom. The molecule has 0 aliphatic carbocycles. The fourth-order valence-corrected chi connectivity index (χ4v) is 2.82. The smallest absolute Gasteiger partial charge is 0.133 e. The van der Waals surface area contributed by atoms with Crippen LogP contribution in [-0.4, -0.2) is 5.75 Å². The van der Waals surface area contributed by atoms with Gasteiger partial charge in [0, 0.05) is 5.75 Å². The van der Waals surface area contributed by atoms with Crippen LogP contribution in [0.25, 0.3) is 0 Å². The molecule has 0 spiro atoms. The normalized spacial score (nSPS) is 11.7. The highest BCUT2D eigenvalue weighted by Crippen LogP contribution is 2.22. The Morgan fingerprint density at radius 3 is 2.64 bits per heavy atom. The summed E-state index contributed by atoms with van der Waals surface area (Å²) in [5.74, 6) is 2.28. The molecule has 0 aromatic heterocycles. The maximum absolute atomic E-state index is 8.62. The van der Waals surface area contributed by atoms with Crippen LogP contribution in [0.4, 0.5) is 0 Å². The summed E-state index contributed by atoms with van der Waals surface area (Å²) in [6.07, 6.45) is 0.999. The molecule has 1 atom stereocenters. The molecule has 2 aromatic rings. The molecular weight excluding hydrogens is 290 g/mol. The van der Waals surface area contributed by atoms with E-state index in [1.165, 1.54) is 28.5 Å². The van der Waals surface area contributed by atoms with Crippen LogP contribution in [0, 0.1) is 23.5 Å². The van der Waals surface area contributed by atoms with E-state index in [1.54, 1.807) is 0 Å². The largest absolute Gasteiger partial charge is 0.489 e. The summed E-state index contributed by atoms with van der Waals surface area (Å²) in [5, 5.41) is 10.8. The second kappa shape index (κ2) is 8.51. The number of nitrogens with zero attached hydrogens (tertiary/aromatic N) is 1. The van der Waals surface area contributed by atoms with Gasteiger partial charge in [-0.15, -0.1) is 0 Å². The number of hydrogen-bond donors (Lipinski definition) is 0. The van der Waals surface area contributed by atoms with E-state index in [0.717, 1.165) is 17.9 Å². The Morgan fingerprint density at radius 1 is 1.18 bits per heavy atom. The first-order valence-corrected chi connectivity index (χ1v) is 8.44. The maximum Gasteiger partial charge on any atom is 0.133 e. The first-order valence-electron chi connectivity index (χ1n) is 7.46. The molecule has 1 unspecified atom stereocenters. The van der Waals surface area contributed by atoms with Crippen molar-refractivity contribution in [3.05, 3.63) is 65.2 Å². The van der Waals surface area contributed by atoms with Gasteiger partial charge in [-0.05, 0) is 59.8 Å². The molecule has 114 valence electrons. The number of ether oxygens (including phenoxy) is 1. The molecule has 0 amide bonds.